The molecule has 31 heavy (non-hydrogen) atoms. The summed E-state index contributed by atoms with van der Waals surface area (Å²) in [6.45, 7) is 6.65. The van der Waals surface area contributed by atoms with Gasteiger partial charge in [-0.25, -0.2) is 4.79 Å². The zero-order valence-corrected chi connectivity index (χ0v) is 18.1. The highest BCUT2D eigenvalue weighted by molar-refractivity contribution is 5.99. The number of hydrogen-bond acceptors (Lipinski definition) is 5. The number of fused-ring (bicyclic) bond motifs is 2. The summed E-state index contributed by atoms with van der Waals surface area (Å²) in [5.74, 6) is -0.410. The van der Waals surface area contributed by atoms with Crippen LogP contribution in [0.4, 0.5) is 5.69 Å². The van der Waals surface area contributed by atoms with E-state index in [2.05, 4.69) is 5.32 Å². The first kappa shape index (κ1) is 20.9. The Labute approximate surface area is 180 Å². The third-order valence-corrected chi connectivity index (χ3v) is 5.24. The molecule has 162 valence electrons. The van der Waals surface area contributed by atoms with E-state index in [1.165, 1.54) is 4.57 Å². The number of carbonyl (C=O) groups is 1. The standard InChI is InChI=1S/C24H26N2O5/c1-24(2,3)31-21(23(28)29)20-19(14-9-10-18-17(13-14)25-11-12-30-18)15-7-5-6-8-16(15)22(27)26(20)4/h5-10,13,21,25H,11-12H2,1-4H3,(H,28,29). The van der Waals surface area contributed by atoms with E-state index >= 15 is 0 Å². The molecule has 0 radical (unpaired) electrons. The second-order valence-corrected chi connectivity index (χ2v) is 8.60. The maximum atomic E-state index is 13.1. The van der Waals surface area contributed by atoms with Gasteiger partial charge in [0.15, 0.2) is 6.10 Å². The second kappa shape index (κ2) is 7.74. The highest BCUT2D eigenvalue weighted by atomic mass is 16.5. The molecule has 1 aliphatic rings. The average molecular weight is 422 g/mol. The van der Waals surface area contributed by atoms with Crippen LogP contribution in [-0.4, -0.2) is 34.4 Å². The van der Waals surface area contributed by atoms with Crippen molar-refractivity contribution in [3.63, 3.8) is 0 Å². The monoisotopic (exact) mass is 422 g/mol. The molecule has 2 N–H and O–H groups in total. The smallest absolute Gasteiger partial charge is 0.339 e. The predicted octanol–water partition coefficient (Wildman–Crippen LogP) is 3.95. The number of carboxylic acid groups (broad SMARTS) is 1. The van der Waals surface area contributed by atoms with Crippen molar-refractivity contribution in [2.24, 2.45) is 7.05 Å². The number of aliphatic carboxylic acids is 1. The first-order valence-corrected chi connectivity index (χ1v) is 10.2. The predicted molar refractivity (Wildman–Crippen MR) is 120 cm³/mol. The van der Waals surface area contributed by atoms with Crippen LogP contribution in [0.5, 0.6) is 5.75 Å². The Morgan fingerprint density at radius 1 is 1.19 bits per heavy atom. The van der Waals surface area contributed by atoms with Crippen molar-refractivity contribution in [2.45, 2.75) is 32.5 Å². The normalized spacial score (nSPS) is 14.5. The van der Waals surface area contributed by atoms with E-state index in [4.69, 9.17) is 9.47 Å². The molecule has 0 saturated carbocycles. The maximum Gasteiger partial charge on any atom is 0.339 e. The Balaban J connectivity index is 2.07. The summed E-state index contributed by atoms with van der Waals surface area (Å²) in [7, 11) is 1.59. The average Bonchev–Trinajstić information content (AvgIpc) is 2.73. The number of nitrogens with zero attached hydrogens (tertiary/aromatic N) is 1. The fourth-order valence-corrected chi connectivity index (χ4v) is 3.97. The van der Waals surface area contributed by atoms with E-state index in [-0.39, 0.29) is 5.56 Å². The van der Waals surface area contributed by atoms with Gasteiger partial charge in [0.05, 0.1) is 17.0 Å². The molecule has 1 aliphatic heterocycles. The summed E-state index contributed by atoms with van der Waals surface area (Å²) in [6, 6.07) is 12.9. The molecule has 1 atom stereocenters. The van der Waals surface area contributed by atoms with Crippen molar-refractivity contribution in [3.05, 3.63) is 58.5 Å². The van der Waals surface area contributed by atoms with Gasteiger partial charge in [0.1, 0.15) is 12.4 Å². The van der Waals surface area contributed by atoms with Gasteiger partial charge in [-0.15, -0.1) is 0 Å². The fourth-order valence-electron chi connectivity index (χ4n) is 3.97. The number of aromatic nitrogens is 1. The summed E-state index contributed by atoms with van der Waals surface area (Å²) in [6.07, 6.45) is -1.32. The first-order valence-electron chi connectivity index (χ1n) is 10.2. The summed E-state index contributed by atoms with van der Waals surface area (Å²) in [4.78, 5) is 25.5. The van der Waals surface area contributed by atoms with Gasteiger partial charge >= 0.3 is 5.97 Å². The Kier molecular flexibility index (Phi) is 5.23. The van der Waals surface area contributed by atoms with Crippen LogP contribution in [0.25, 0.3) is 21.9 Å². The molecule has 0 amide bonds. The summed E-state index contributed by atoms with van der Waals surface area (Å²) >= 11 is 0. The van der Waals surface area contributed by atoms with Crippen molar-refractivity contribution < 1.29 is 19.4 Å². The topological polar surface area (TPSA) is 89.8 Å². The molecule has 3 aromatic rings. The molecule has 7 heteroatoms. The number of rotatable bonds is 4. The Morgan fingerprint density at radius 3 is 2.58 bits per heavy atom. The van der Waals surface area contributed by atoms with E-state index < -0.39 is 17.7 Å². The lowest BCUT2D eigenvalue weighted by Gasteiger charge is -2.29. The van der Waals surface area contributed by atoms with Crippen LogP contribution in [0.1, 0.15) is 32.6 Å². The largest absolute Gasteiger partial charge is 0.490 e. The molecule has 2 heterocycles. The van der Waals surface area contributed by atoms with Gasteiger partial charge in [0.2, 0.25) is 0 Å². The lowest BCUT2D eigenvalue weighted by Crippen LogP contribution is -2.33. The van der Waals surface area contributed by atoms with Gasteiger partial charge in [0.25, 0.3) is 5.56 Å². The number of ether oxygens (including phenoxy) is 2. The van der Waals surface area contributed by atoms with E-state index in [0.717, 1.165) is 17.0 Å². The van der Waals surface area contributed by atoms with Crippen molar-refractivity contribution in [1.29, 1.82) is 0 Å². The molecule has 2 aromatic carbocycles. The van der Waals surface area contributed by atoms with Gasteiger partial charge < -0.3 is 24.5 Å². The van der Waals surface area contributed by atoms with E-state index in [1.54, 1.807) is 40.0 Å². The van der Waals surface area contributed by atoms with Gasteiger partial charge in [0, 0.05) is 24.5 Å². The molecule has 0 bridgehead atoms. The summed E-state index contributed by atoms with van der Waals surface area (Å²) in [5.41, 5.74) is 1.58. The lowest BCUT2D eigenvalue weighted by atomic mass is 9.93. The number of nitrogens with one attached hydrogen (secondary N) is 1. The third kappa shape index (κ3) is 3.88. The second-order valence-electron chi connectivity index (χ2n) is 8.60. The summed E-state index contributed by atoms with van der Waals surface area (Å²) in [5, 5.41) is 14.6. The van der Waals surface area contributed by atoms with E-state index in [1.807, 2.05) is 30.3 Å². The number of hydrogen-bond donors (Lipinski definition) is 2. The van der Waals surface area contributed by atoms with Crippen LogP contribution >= 0.6 is 0 Å². The van der Waals surface area contributed by atoms with Crippen LogP contribution in [-0.2, 0) is 16.6 Å². The highest BCUT2D eigenvalue weighted by Gasteiger charge is 2.33. The number of benzene rings is 2. The number of pyridine rings is 1. The van der Waals surface area contributed by atoms with Crippen molar-refractivity contribution in [2.75, 3.05) is 18.5 Å². The summed E-state index contributed by atoms with van der Waals surface area (Å²) < 4.78 is 13.0. The van der Waals surface area contributed by atoms with Crippen molar-refractivity contribution in [1.82, 2.24) is 4.57 Å². The minimum Gasteiger partial charge on any atom is -0.490 e. The van der Waals surface area contributed by atoms with Crippen LogP contribution < -0.4 is 15.6 Å². The number of carboxylic acids is 1. The maximum absolute atomic E-state index is 13.1. The molecule has 0 spiro atoms. The SMILES string of the molecule is Cn1c(C(OC(C)(C)C)C(=O)O)c(-c2ccc3c(c2)NCCO3)c2ccccc2c1=O. The molecule has 4 rings (SSSR count). The highest BCUT2D eigenvalue weighted by Crippen LogP contribution is 2.39. The van der Waals surface area contributed by atoms with Gasteiger partial charge in [-0.05, 0) is 49.9 Å². The van der Waals surface area contributed by atoms with Gasteiger partial charge in [-0.1, -0.05) is 24.3 Å². The van der Waals surface area contributed by atoms with E-state index in [0.29, 0.717) is 35.2 Å². The third-order valence-electron chi connectivity index (χ3n) is 5.24. The van der Waals surface area contributed by atoms with Crippen LogP contribution in [0.15, 0.2) is 47.3 Å². The number of anilines is 1. The van der Waals surface area contributed by atoms with Gasteiger partial charge in [-0.3, -0.25) is 4.79 Å². The first-order chi connectivity index (χ1) is 14.7. The molecule has 7 nitrogen and oxygen atoms in total. The minimum atomic E-state index is -1.32. The quantitative estimate of drug-likeness (QED) is 0.662. The molecule has 0 fully saturated rings. The molecular formula is C24H26N2O5. The molecule has 0 saturated heterocycles. The van der Waals surface area contributed by atoms with Crippen molar-refractivity contribution in [3.8, 4) is 16.9 Å². The van der Waals surface area contributed by atoms with E-state index in [9.17, 15) is 14.7 Å². The zero-order chi connectivity index (χ0) is 22.3. The van der Waals surface area contributed by atoms with Crippen molar-refractivity contribution >= 4 is 22.4 Å². The lowest BCUT2D eigenvalue weighted by molar-refractivity contribution is -0.161. The molecule has 1 unspecified atom stereocenters. The Hall–Kier alpha value is -3.32. The molecular weight excluding hydrogens is 396 g/mol. The van der Waals surface area contributed by atoms with Crippen LogP contribution in [0.3, 0.4) is 0 Å². The minimum absolute atomic E-state index is 0.266. The Morgan fingerprint density at radius 2 is 1.90 bits per heavy atom. The fraction of sp³-hybridized carbons (Fsp3) is 0.333. The Bertz CT molecular complexity index is 1220. The molecule has 1 aromatic heterocycles. The zero-order valence-electron chi connectivity index (χ0n) is 18.1. The van der Waals surface area contributed by atoms with Gasteiger partial charge in [-0.2, -0.15) is 0 Å². The van der Waals surface area contributed by atoms with Crippen LogP contribution in [0, 0.1) is 0 Å². The molecule has 0 aliphatic carbocycles. The van der Waals surface area contributed by atoms with Crippen LogP contribution in [0.2, 0.25) is 0 Å².